The number of para-hydroxylation sites is 1. The fraction of sp³-hybridized carbons (Fsp3) is 0.571. The highest BCUT2D eigenvalue weighted by molar-refractivity contribution is 5.20. The Morgan fingerprint density at radius 2 is 1.89 bits per heavy atom. The lowest BCUT2D eigenvalue weighted by Crippen LogP contribution is -2.34. The van der Waals surface area contributed by atoms with Gasteiger partial charge in [-0.2, -0.15) is 0 Å². The molecule has 1 atom stereocenters. The van der Waals surface area contributed by atoms with Gasteiger partial charge in [-0.3, -0.25) is 0 Å². The number of rotatable bonds is 9. The van der Waals surface area contributed by atoms with Gasteiger partial charge in [0.2, 0.25) is 0 Å². The summed E-state index contributed by atoms with van der Waals surface area (Å²) in [6, 6.07) is 9.99. The van der Waals surface area contributed by atoms with Gasteiger partial charge in [0.25, 0.3) is 0 Å². The smallest absolute Gasteiger partial charge is 0.119 e. The molecule has 4 heteroatoms. The lowest BCUT2D eigenvalue weighted by atomic mass is 10.3. The first kappa shape index (κ1) is 15.0. The molecule has 1 unspecified atom stereocenters. The van der Waals surface area contributed by atoms with Crippen LogP contribution >= 0.6 is 0 Å². The summed E-state index contributed by atoms with van der Waals surface area (Å²) in [5.74, 6) is 0.836. The molecule has 0 spiro atoms. The van der Waals surface area contributed by atoms with Gasteiger partial charge in [0, 0.05) is 12.6 Å². The highest BCUT2D eigenvalue weighted by atomic mass is 16.5. The Hall–Kier alpha value is -1.10. The van der Waals surface area contributed by atoms with Crippen LogP contribution in [0.15, 0.2) is 30.3 Å². The third-order valence-electron chi connectivity index (χ3n) is 2.31. The van der Waals surface area contributed by atoms with Gasteiger partial charge >= 0.3 is 0 Å². The van der Waals surface area contributed by atoms with E-state index >= 15 is 0 Å². The van der Waals surface area contributed by atoms with Crippen LogP contribution in [0.5, 0.6) is 5.75 Å². The van der Waals surface area contributed by atoms with E-state index in [-0.39, 0.29) is 0 Å². The maximum absolute atomic E-state index is 9.59. The van der Waals surface area contributed by atoms with Gasteiger partial charge in [-0.15, -0.1) is 0 Å². The first-order valence-electron chi connectivity index (χ1n) is 6.35. The van der Waals surface area contributed by atoms with Gasteiger partial charge in [0.1, 0.15) is 12.4 Å². The summed E-state index contributed by atoms with van der Waals surface area (Å²) < 4.78 is 10.8. The Labute approximate surface area is 109 Å². The molecule has 0 saturated heterocycles. The minimum atomic E-state index is -0.468. The van der Waals surface area contributed by atoms with Crippen LogP contribution < -0.4 is 10.1 Å². The zero-order chi connectivity index (χ0) is 13.2. The van der Waals surface area contributed by atoms with E-state index in [0.29, 0.717) is 32.4 Å². The highest BCUT2D eigenvalue weighted by Crippen LogP contribution is 2.07. The topological polar surface area (TPSA) is 50.7 Å². The van der Waals surface area contributed by atoms with Crippen molar-refractivity contribution in [1.82, 2.24) is 5.32 Å². The van der Waals surface area contributed by atoms with Gasteiger partial charge in [-0.1, -0.05) is 32.0 Å². The van der Waals surface area contributed by atoms with Crippen molar-refractivity contribution >= 4 is 0 Å². The Morgan fingerprint density at radius 1 is 1.17 bits per heavy atom. The van der Waals surface area contributed by atoms with Gasteiger partial charge in [0.05, 0.1) is 19.3 Å². The third kappa shape index (κ3) is 7.27. The van der Waals surface area contributed by atoms with Crippen LogP contribution in [0.25, 0.3) is 0 Å². The number of hydrogen-bond donors (Lipinski definition) is 2. The van der Waals surface area contributed by atoms with E-state index in [1.165, 1.54) is 0 Å². The average molecular weight is 253 g/mol. The second-order valence-corrected chi connectivity index (χ2v) is 4.45. The molecule has 0 amide bonds. The van der Waals surface area contributed by atoms with Gasteiger partial charge in [-0.25, -0.2) is 0 Å². The van der Waals surface area contributed by atoms with E-state index in [2.05, 4.69) is 5.32 Å². The van der Waals surface area contributed by atoms with E-state index in [4.69, 9.17) is 9.47 Å². The summed E-state index contributed by atoms with van der Waals surface area (Å²) in [6.07, 6.45) is -0.468. The zero-order valence-corrected chi connectivity index (χ0v) is 11.1. The number of ether oxygens (including phenoxy) is 2. The van der Waals surface area contributed by atoms with Gasteiger partial charge in [-0.05, 0) is 12.1 Å². The zero-order valence-electron chi connectivity index (χ0n) is 11.1. The molecule has 4 nitrogen and oxygen atoms in total. The van der Waals surface area contributed by atoms with Crippen LogP contribution in [0.4, 0.5) is 0 Å². The fourth-order valence-electron chi connectivity index (χ4n) is 1.39. The van der Waals surface area contributed by atoms with Crippen molar-refractivity contribution in [3.63, 3.8) is 0 Å². The number of hydrogen-bond acceptors (Lipinski definition) is 4. The first-order chi connectivity index (χ1) is 8.68. The molecule has 0 aliphatic rings. The third-order valence-corrected chi connectivity index (χ3v) is 2.31. The predicted octanol–water partition coefficient (Wildman–Crippen LogP) is 1.44. The molecule has 0 saturated carbocycles. The number of benzene rings is 1. The van der Waals surface area contributed by atoms with Crippen LogP contribution in [-0.2, 0) is 4.74 Å². The van der Waals surface area contributed by atoms with Crippen molar-refractivity contribution in [2.45, 2.75) is 26.0 Å². The Kier molecular flexibility index (Phi) is 7.41. The summed E-state index contributed by atoms with van der Waals surface area (Å²) in [7, 11) is 0. The lowest BCUT2D eigenvalue weighted by molar-refractivity contribution is 0.0244. The largest absolute Gasteiger partial charge is 0.491 e. The van der Waals surface area contributed by atoms with E-state index in [0.717, 1.165) is 5.75 Å². The summed E-state index contributed by atoms with van der Waals surface area (Å²) in [5.41, 5.74) is 0. The number of nitrogens with one attached hydrogen (secondary N) is 1. The Balaban J connectivity index is 1.98. The minimum Gasteiger partial charge on any atom is -0.491 e. The normalized spacial score (nSPS) is 12.7. The molecule has 18 heavy (non-hydrogen) atoms. The summed E-state index contributed by atoms with van der Waals surface area (Å²) in [4.78, 5) is 0. The fourth-order valence-corrected chi connectivity index (χ4v) is 1.39. The minimum absolute atomic E-state index is 0.331. The molecule has 1 aromatic carbocycles. The Bertz CT molecular complexity index is 303. The molecule has 0 aliphatic carbocycles. The summed E-state index contributed by atoms with van der Waals surface area (Å²) in [6.45, 7) is 5.94. The van der Waals surface area contributed by atoms with E-state index < -0.39 is 6.10 Å². The lowest BCUT2D eigenvalue weighted by Gasteiger charge is -2.14. The maximum atomic E-state index is 9.59. The predicted molar refractivity (Wildman–Crippen MR) is 71.9 cm³/mol. The van der Waals surface area contributed by atoms with Crippen LogP contribution in [-0.4, -0.2) is 43.6 Å². The van der Waals surface area contributed by atoms with E-state index in [1.54, 1.807) is 0 Å². The summed E-state index contributed by atoms with van der Waals surface area (Å²) in [5, 5.41) is 12.7. The van der Waals surface area contributed by atoms with Crippen LogP contribution in [0.1, 0.15) is 13.8 Å². The summed E-state index contributed by atoms with van der Waals surface area (Å²) >= 11 is 0. The molecule has 0 fully saturated rings. The standard InChI is InChI=1S/C14H23NO3/c1-12(2)15-10-13(16)11-17-8-9-18-14-6-4-3-5-7-14/h3-7,12-13,15-16H,8-11H2,1-2H3. The Morgan fingerprint density at radius 3 is 2.56 bits per heavy atom. The van der Waals surface area contributed by atoms with Crippen molar-refractivity contribution in [3.05, 3.63) is 30.3 Å². The maximum Gasteiger partial charge on any atom is 0.119 e. The molecule has 0 aromatic heterocycles. The van der Waals surface area contributed by atoms with Crippen molar-refractivity contribution in [3.8, 4) is 5.75 Å². The van der Waals surface area contributed by atoms with Crippen LogP contribution in [0.2, 0.25) is 0 Å². The molecule has 1 aromatic rings. The molecule has 0 heterocycles. The molecule has 1 rings (SSSR count). The second kappa shape index (κ2) is 8.91. The van der Waals surface area contributed by atoms with Gasteiger partial charge in [0.15, 0.2) is 0 Å². The van der Waals surface area contributed by atoms with E-state index in [1.807, 2.05) is 44.2 Å². The molecule has 0 aliphatic heterocycles. The van der Waals surface area contributed by atoms with Crippen molar-refractivity contribution in [2.24, 2.45) is 0 Å². The monoisotopic (exact) mass is 253 g/mol. The van der Waals surface area contributed by atoms with Crippen LogP contribution in [0, 0.1) is 0 Å². The highest BCUT2D eigenvalue weighted by Gasteiger charge is 2.04. The molecule has 102 valence electrons. The molecule has 0 radical (unpaired) electrons. The van der Waals surface area contributed by atoms with Gasteiger partial charge < -0.3 is 19.9 Å². The quantitative estimate of drug-likeness (QED) is 0.654. The number of aliphatic hydroxyl groups excluding tert-OH is 1. The van der Waals surface area contributed by atoms with E-state index in [9.17, 15) is 5.11 Å². The number of aliphatic hydroxyl groups is 1. The SMILES string of the molecule is CC(C)NCC(O)COCCOc1ccccc1. The second-order valence-electron chi connectivity index (χ2n) is 4.45. The molecule has 0 bridgehead atoms. The molecule has 2 N–H and O–H groups in total. The van der Waals surface area contributed by atoms with Crippen LogP contribution in [0.3, 0.4) is 0 Å². The first-order valence-corrected chi connectivity index (χ1v) is 6.35. The molecular formula is C14H23NO3. The van der Waals surface area contributed by atoms with Crippen molar-refractivity contribution < 1.29 is 14.6 Å². The van der Waals surface area contributed by atoms with Crippen molar-refractivity contribution in [1.29, 1.82) is 0 Å². The van der Waals surface area contributed by atoms with Crippen molar-refractivity contribution in [2.75, 3.05) is 26.4 Å². The average Bonchev–Trinajstić information content (AvgIpc) is 2.37. The molecular weight excluding hydrogens is 230 g/mol.